The van der Waals surface area contributed by atoms with Crippen molar-refractivity contribution in [3.05, 3.63) is 27.3 Å². The summed E-state index contributed by atoms with van der Waals surface area (Å²) in [5.41, 5.74) is 1.29. The first-order valence-corrected chi connectivity index (χ1v) is 6.16. The second-order valence-corrected chi connectivity index (χ2v) is 4.94. The predicted molar refractivity (Wildman–Crippen MR) is 73.0 cm³/mol. The van der Waals surface area contributed by atoms with Crippen molar-refractivity contribution >= 4 is 32.9 Å². The number of hydrogen-bond donors (Lipinski definition) is 1. The normalized spacial score (nSPS) is 10.2. The zero-order chi connectivity index (χ0) is 13.1. The molecular formula is C12H11N3O2S. The summed E-state index contributed by atoms with van der Waals surface area (Å²) in [5, 5.41) is 14.9. The summed E-state index contributed by atoms with van der Waals surface area (Å²) >= 11 is 1.45. The molecule has 0 fully saturated rings. The Kier molecular flexibility index (Phi) is 3.44. The van der Waals surface area contributed by atoms with Crippen LogP contribution in [0.1, 0.15) is 11.4 Å². The fourth-order valence-electron chi connectivity index (χ4n) is 1.64. The molecular weight excluding hydrogens is 250 g/mol. The van der Waals surface area contributed by atoms with Gasteiger partial charge in [0.05, 0.1) is 20.1 Å². The minimum absolute atomic E-state index is 0.0585. The molecule has 0 aliphatic carbocycles. The number of anilines is 1. The standard InChI is InChI=1S/C12H11N3O2S/c1-3-4-5-13-9-6-10-12(18-8(2)14-10)7-11(9)15(16)17/h1,6-7,13H,4-5H2,2H3. The number of aryl methyl sites for hydroxylation is 1. The first-order valence-electron chi connectivity index (χ1n) is 5.34. The second kappa shape index (κ2) is 5.02. The van der Waals surface area contributed by atoms with Crippen LogP contribution < -0.4 is 5.32 Å². The molecule has 0 aliphatic rings. The molecule has 1 N–H and O–H groups in total. The predicted octanol–water partition coefficient (Wildman–Crippen LogP) is 2.95. The van der Waals surface area contributed by atoms with Gasteiger partial charge in [-0.15, -0.1) is 23.7 Å². The van der Waals surface area contributed by atoms with Gasteiger partial charge in [-0.2, -0.15) is 0 Å². The van der Waals surface area contributed by atoms with Gasteiger partial charge in [-0.1, -0.05) is 0 Å². The molecule has 1 aromatic carbocycles. The molecule has 0 unspecified atom stereocenters. The molecule has 0 radical (unpaired) electrons. The summed E-state index contributed by atoms with van der Waals surface area (Å²) in [6.07, 6.45) is 5.67. The van der Waals surface area contributed by atoms with Crippen molar-refractivity contribution in [2.24, 2.45) is 0 Å². The van der Waals surface area contributed by atoms with E-state index in [0.717, 1.165) is 15.2 Å². The number of nitro groups is 1. The number of benzene rings is 1. The highest BCUT2D eigenvalue weighted by atomic mass is 32.1. The van der Waals surface area contributed by atoms with Gasteiger partial charge in [0.1, 0.15) is 5.69 Å². The van der Waals surface area contributed by atoms with Crippen LogP contribution in [-0.4, -0.2) is 16.5 Å². The average molecular weight is 261 g/mol. The van der Waals surface area contributed by atoms with Crippen LogP contribution in [0.5, 0.6) is 0 Å². The highest BCUT2D eigenvalue weighted by Crippen LogP contribution is 2.32. The monoisotopic (exact) mass is 261 g/mol. The Morgan fingerprint density at radius 1 is 1.61 bits per heavy atom. The lowest BCUT2D eigenvalue weighted by atomic mass is 10.2. The maximum atomic E-state index is 11.0. The topological polar surface area (TPSA) is 68.1 Å². The van der Waals surface area contributed by atoms with E-state index < -0.39 is 4.92 Å². The van der Waals surface area contributed by atoms with Crippen LogP contribution in [0.3, 0.4) is 0 Å². The first-order chi connectivity index (χ1) is 8.61. The molecule has 1 heterocycles. The molecule has 92 valence electrons. The molecule has 6 heteroatoms. The molecule has 2 rings (SSSR count). The third-order valence-corrected chi connectivity index (χ3v) is 3.33. The lowest BCUT2D eigenvalue weighted by Crippen LogP contribution is -2.03. The zero-order valence-corrected chi connectivity index (χ0v) is 10.6. The summed E-state index contributed by atoms with van der Waals surface area (Å²) in [6, 6.07) is 3.26. The van der Waals surface area contributed by atoms with E-state index in [4.69, 9.17) is 6.42 Å². The van der Waals surface area contributed by atoms with Gasteiger partial charge in [-0.3, -0.25) is 10.1 Å². The van der Waals surface area contributed by atoms with Crippen LogP contribution in [0.2, 0.25) is 0 Å². The van der Waals surface area contributed by atoms with Crippen LogP contribution in [0.15, 0.2) is 12.1 Å². The molecule has 5 nitrogen and oxygen atoms in total. The number of nitro benzene ring substituents is 1. The van der Waals surface area contributed by atoms with E-state index >= 15 is 0 Å². The van der Waals surface area contributed by atoms with Crippen molar-refractivity contribution in [2.45, 2.75) is 13.3 Å². The molecule has 0 spiro atoms. The molecule has 2 aromatic rings. The van der Waals surface area contributed by atoms with E-state index in [-0.39, 0.29) is 5.69 Å². The SMILES string of the molecule is C#CCCNc1cc2nc(C)sc2cc1[N+](=O)[O-]. The van der Waals surface area contributed by atoms with Crippen molar-refractivity contribution in [1.82, 2.24) is 4.98 Å². The van der Waals surface area contributed by atoms with Crippen LogP contribution in [0.25, 0.3) is 10.2 Å². The Labute approximate surface area is 108 Å². The van der Waals surface area contributed by atoms with E-state index in [1.165, 1.54) is 11.3 Å². The van der Waals surface area contributed by atoms with Crippen molar-refractivity contribution in [2.75, 3.05) is 11.9 Å². The van der Waals surface area contributed by atoms with Crippen LogP contribution >= 0.6 is 11.3 Å². The molecule has 0 bridgehead atoms. The van der Waals surface area contributed by atoms with Crippen molar-refractivity contribution < 1.29 is 4.92 Å². The largest absolute Gasteiger partial charge is 0.378 e. The van der Waals surface area contributed by atoms with Crippen molar-refractivity contribution in [3.8, 4) is 12.3 Å². The van der Waals surface area contributed by atoms with Gasteiger partial charge in [0, 0.05) is 19.0 Å². The maximum Gasteiger partial charge on any atom is 0.293 e. The van der Waals surface area contributed by atoms with E-state index in [0.29, 0.717) is 18.7 Å². The maximum absolute atomic E-state index is 11.0. The van der Waals surface area contributed by atoms with E-state index in [9.17, 15) is 10.1 Å². The Balaban J connectivity index is 2.44. The molecule has 0 atom stereocenters. The summed E-state index contributed by atoms with van der Waals surface area (Å²) < 4.78 is 0.821. The average Bonchev–Trinajstić information content (AvgIpc) is 2.67. The molecule has 18 heavy (non-hydrogen) atoms. The van der Waals surface area contributed by atoms with Gasteiger partial charge in [-0.05, 0) is 13.0 Å². The Hall–Kier alpha value is -2.13. The number of terminal acetylenes is 1. The number of aromatic nitrogens is 1. The summed E-state index contributed by atoms with van der Waals surface area (Å²) in [6.45, 7) is 2.38. The number of nitrogens with one attached hydrogen (secondary N) is 1. The number of nitrogens with zero attached hydrogens (tertiary/aromatic N) is 2. The third kappa shape index (κ3) is 2.41. The van der Waals surface area contributed by atoms with E-state index in [1.54, 1.807) is 12.1 Å². The Bertz CT molecular complexity index is 643. The van der Waals surface area contributed by atoms with Gasteiger partial charge < -0.3 is 5.32 Å². The number of fused-ring (bicyclic) bond motifs is 1. The van der Waals surface area contributed by atoms with Crippen molar-refractivity contribution in [1.29, 1.82) is 0 Å². The fraction of sp³-hybridized carbons (Fsp3) is 0.250. The quantitative estimate of drug-likeness (QED) is 0.397. The lowest BCUT2D eigenvalue weighted by molar-refractivity contribution is -0.383. The summed E-state index contributed by atoms with van der Waals surface area (Å²) in [7, 11) is 0. The van der Waals surface area contributed by atoms with E-state index in [2.05, 4.69) is 16.2 Å². The molecule has 0 amide bonds. The van der Waals surface area contributed by atoms with Gasteiger partial charge in [0.25, 0.3) is 5.69 Å². The molecule has 0 saturated heterocycles. The summed E-state index contributed by atoms with van der Waals surface area (Å²) in [4.78, 5) is 14.9. The Morgan fingerprint density at radius 3 is 3.06 bits per heavy atom. The van der Waals surface area contributed by atoms with Gasteiger partial charge in [0.15, 0.2) is 0 Å². The van der Waals surface area contributed by atoms with Gasteiger partial charge in [0.2, 0.25) is 0 Å². The van der Waals surface area contributed by atoms with Crippen LogP contribution in [-0.2, 0) is 0 Å². The third-order valence-electron chi connectivity index (χ3n) is 2.39. The summed E-state index contributed by atoms with van der Waals surface area (Å²) in [5.74, 6) is 2.48. The zero-order valence-electron chi connectivity index (χ0n) is 9.77. The molecule has 0 aliphatic heterocycles. The molecule has 1 aromatic heterocycles. The minimum atomic E-state index is -0.396. The van der Waals surface area contributed by atoms with Gasteiger partial charge in [-0.25, -0.2) is 4.98 Å². The second-order valence-electron chi connectivity index (χ2n) is 3.71. The highest BCUT2D eigenvalue weighted by molar-refractivity contribution is 7.18. The van der Waals surface area contributed by atoms with Crippen LogP contribution in [0.4, 0.5) is 11.4 Å². The molecule has 0 saturated carbocycles. The fourth-order valence-corrected chi connectivity index (χ4v) is 2.48. The first kappa shape index (κ1) is 12.3. The Morgan fingerprint density at radius 2 is 2.39 bits per heavy atom. The van der Waals surface area contributed by atoms with Gasteiger partial charge >= 0.3 is 0 Å². The van der Waals surface area contributed by atoms with Crippen LogP contribution in [0, 0.1) is 29.4 Å². The number of hydrogen-bond acceptors (Lipinski definition) is 5. The smallest absolute Gasteiger partial charge is 0.293 e. The number of rotatable bonds is 4. The highest BCUT2D eigenvalue weighted by Gasteiger charge is 2.16. The van der Waals surface area contributed by atoms with E-state index in [1.807, 2.05) is 6.92 Å². The lowest BCUT2D eigenvalue weighted by Gasteiger charge is -2.05. The number of thiazole rings is 1. The minimum Gasteiger partial charge on any atom is -0.378 e. The van der Waals surface area contributed by atoms with Crippen molar-refractivity contribution in [3.63, 3.8) is 0 Å².